The first-order valence-electron chi connectivity index (χ1n) is 8.77. The summed E-state index contributed by atoms with van der Waals surface area (Å²) in [6.45, 7) is 1.93. The number of benzene rings is 1. The maximum absolute atomic E-state index is 13.0. The topological polar surface area (TPSA) is 57.6 Å². The van der Waals surface area contributed by atoms with Crippen LogP contribution >= 0.6 is 0 Å². The number of carboxylic acids is 1. The second-order valence-electron chi connectivity index (χ2n) is 7.16. The van der Waals surface area contributed by atoms with E-state index in [1.54, 1.807) is 17.0 Å². The molecule has 1 aromatic rings. The molecule has 3 rings (SSSR count). The quantitative estimate of drug-likeness (QED) is 0.916. The van der Waals surface area contributed by atoms with E-state index in [0.29, 0.717) is 12.3 Å². The average Bonchev–Trinajstić information content (AvgIpc) is 2.95. The van der Waals surface area contributed by atoms with E-state index < -0.39 is 12.0 Å². The number of carbonyl (C=O) groups is 2. The number of hydrogen-bond donors (Lipinski definition) is 1. The highest BCUT2D eigenvalue weighted by Gasteiger charge is 2.47. The van der Waals surface area contributed by atoms with Crippen LogP contribution in [0.25, 0.3) is 0 Å². The van der Waals surface area contributed by atoms with E-state index in [-0.39, 0.29) is 30.1 Å². The van der Waals surface area contributed by atoms with Crippen LogP contribution in [0.15, 0.2) is 24.3 Å². The minimum absolute atomic E-state index is 0.0600. The lowest BCUT2D eigenvalue weighted by atomic mass is 9.84. The van der Waals surface area contributed by atoms with Gasteiger partial charge in [0.15, 0.2) is 0 Å². The maximum atomic E-state index is 13.0. The molecule has 130 valence electrons. The Morgan fingerprint density at radius 3 is 2.58 bits per heavy atom. The zero-order chi connectivity index (χ0) is 17.3. The zero-order valence-electron chi connectivity index (χ0n) is 14.0. The van der Waals surface area contributed by atoms with Gasteiger partial charge in [0.05, 0.1) is 0 Å². The summed E-state index contributed by atoms with van der Waals surface area (Å²) in [6, 6.07) is 5.55. The molecule has 5 heteroatoms. The minimum Gasteiger partial charge on any atom is -0.480 e. The van der Waals surface area contributed by atoms with Crippen LogP contribution in [0.2, 0.25) is 0 Å². The Morgan fingerprint density at radius 1 is 1.25 bits per heavy atom. The van der Waals surface area contributed by atoms with Gasteiger partial charge in [-0.05, 0) is 48.8 Å². The molecular formula is C19H24FNO3. The number of nitrogens with zero attached hydrogens (tertiary/aromatic N) is 1. The average molecular weight is 333 g/mol. The van der Waals surface area contributed by atoms with Gasteiger partial charge in [-0.1, -0.05) is 31.9 Å². The molecule has 0 radical (unpaired) electrons. The molecule has 1 aliphatic carbocycles. The summed E-state index contributed by atoms with van der Waals surface area (Å²) in [6.07, 6.45) is 4.96. The molecule has 1 heterocycles. The van der Waals surface area contributed by atoms with Crippen molar-refractivity contribution in [2.75, 3.05) is 0 Å². The highest BCUT2D eigenvalue weighted by Crippen LogP contribution is 2.40. The van der Waals surface area contributed by atoms with E-state index in [1.165, 1.54) is 12.1 Å². The van der Waals surface area contributed by atoms with Crippen molar-refractivity contribution in [3.63, 3.8) is 0 Å². The first kappa shape index (κ1) is 16.9. The van der Waals surface area contributed by atoms with E-state index in [4.69, 9.17) is 0 Å². The Balaban J connectivity index is 1.74. The number of hydrogen-bond acceptors (Lipinski definition) is 2. The van der Waals surface area contributed by atoms with E-state index in [2.05, 4.69) is 0 Å². The fourth-order valence-electron chi connectivity index (χ4n) is 4.32. The summed E-state index contributed by atoms with van der Waals surface area (Å²) in [5.74, 6) is -1.02. The lowest BCUT2D eigenvalue weighted by molar-refractivity contribution is -0.150. The Bertz CT molecular complexity index is 616. The van der Waals surface area contributed by atoms with Crippen LogP contribution in [0.3, 0.4) is 0 Å². The molecule has 2 aliphatic rings. The summed E-state index contributed by atoms with van der Waals surface area (Å²) in [5, 5.41) is 9.53. The van der Waals surface area contributed by atoms with Crippen LogP contribution in [0, 0.1) is 11.7 Å². The Hall–Kier alpha value is -1.91. The van der Waals surface area contributed by atoms with Crippen molar-refractivity contribution < 1.29 is 19.1 Å². The molecule has 1 aliphatic heterocycles. The molecule has 24 heavy (non-hydrogen) atoms. The molecule has 4 unspecified atom stereocenters. The standard InChI is InChI=1S/C19H24FNO3/c1-12(13-6-8-15(20)9-7-13)10-18(22)21-16-5-3-2-4-14(16)11-17(21)19(23)24/h6-9,12,14,16-17H,2-5,10-11H2,1H3,(H,23,24). The number of likely N-dealkylation sites (tertiary alicyclic amines) is 1. The van der Waals surface area contributed by atoms with Crippen molar-refractivity contribution in [2.45, 2.75) is 63.5 Å². The molecular weight excluding hydrogens is 309 g/mol. The minimum atomic E-state index is -0.896. The van der Waals surface area contributed by atoms with Gasteiger partial charge in [-0.3, -0.25) is 4.79 Å². The van der Waals surface area contributed by atoms with E-state index in [1.807, 2.05) is 6.92 Å². The van der Waals surface area contributed by atoms with Gasteiger partial charge >= 0.3 is 5.97 Å². The van der Waals surface area contributed by atoms with Crippen LogP contribution in [0.4, 0.5) is 4.39 Å². The molecule has 0 spiro atoms. The molecule has 2 fully saturated rings. The van der Waals surface area contributed by atoms with Crippen molar-refractivity contribution in [3.8, 4) is 0 Å². The number of halogens is 1. The monoisotopic (exact) mass is 333 g/mol. The van der Waals surface area contributed by atoms with Crippen molar-refractivity contribution >= 4 is 11.9 Å². The predicted molar refractivity (Wildman–Crippen MR) is 88.1 cm³/mol. The van der Waals surface area contributed by atoms with Crippen molar-refractivity contribution in [3.05, 3.63) is 35.6 Å². The third-order valence-electron chi connectivity index (χ3n) is 5.58. The summed E-state index contributed by atoms with van der Waals surface area (Å²) in [7, 11) is 0. The second-order valence-corrected chi connectivity index (χ2v) is 7.16. The number of carboxylic acid groups (broad SMARTS) is 1. The lowest BCUT2D eigenvalue weighted by Crippen LogP contribution is -2.46. The number of rotatable bonds is 4. The third-order valence-corrected chi connectivity index (χ3v) is 5.58. The Labute approximate surface area is 141 Å². The highest BCUT2D eigenvalue weighted by molar-refractivity contribution is 5.85. The summed E-state index contributed by atoms with van der Waals surface area (Å²) in [5.41, 5.74) is 0.899. The summed E-state index contributed by atoms with van der Waals surface area (Å²) >= 11 is 0. The highest BCUT2D eigenvalue weighted by atomic mass is 19.1. The van der Waals surface area contributed by atoms with Crippen molar-refractivity contribution in [1.82, 2.24) is 4.90 Å². The van der Waals surface area contributed by atoms with Crippen LogP contribution in [0.1, 0.15) is 56.9 Å². The van der Waals surface area contributed by atoms with Crippen molar-refractivity contribution in [1.29, 1.82) is 0 Å². The largest absolute Gasteiger partial charge is 0.480 e. The molecule has 4 nitrogen and oxygen atoms in total. The molecule has 1 N–H and O–H groups in total. The SMILES string of the molecule is CC(CC(=O)N1C(C(=O)O)CC2CCCCC21)c1ccc(F)cc1. The van der Waals surface area contributed by atoms with Gasteiger partial charge < -0.3 is 10.0 Å². The van der Waals surface area contributed by atoms with E-state index >= 15 is 0 Å². The van der Waals surface area contributed by atoms with Gasteiger partial charge in [0, 0.05) is 12.5 Å². The number of carbonyl (C=O) groups excluding carboxylic acids is 1. The van der Waals surface area contributed by atoms with Crippen LogP contribution in [0.5, 0.6) is 0 Å². The van der Waals surface area contributed by atoms with Crippen LogP contribution < -0.4 is 0 Å². The van der Waals surface area contributed by atoms with E-state index in [0.717, 1.165) is 31.2 Å². The molecule has 1 saturated heterocycles. The van der Waals surface area contributed by atoms with Gasteiger partial charge in [-0.25, -0.2) is 9.18 Å². The van der Waals surface area contributed by atoms with Gasteiger partial charge in [-0.2, -0.15) is 0 Å². The van der Waals surface area contributed by atoms with Gasteiger partial charge in [-0.15, -0.1) is 0 Å². The number of aliphatic carboxylic acids is 1. The third kappa shape index (κ3) is 3.30. The molecule has 0 bridgehead atoms. The molecule has 4 atom stereocenters. The number of amides is 1. The Morgan fingerprint density at radius 2 is 1.92 bits per heavy atom. The van der Waals surface area contributed by atoms with Crippen molar-refractivity contribution in [2.24, 2.45) is 5.92 Å². The molecule has 1 amide bonds. The van der Waals surface area contributed by atoms with Crippen LogP contribution in [-0.2, 0) is 9.59 Å². The molecule has 1 aromatic carbocycles. The van der Waals surface area contributed by atoms with Gasteiger partial charge in [0.2, 0.25) is 5.91 Å². The smallest absolute Gasteiger partial charge is 0.326 e. The fraction of sp³-hybridized carbons (Fsp3) is 0.579. The first-order chi connectivity index (χ1) is 11.5. The zero-order valence-corrected chi connectivity index (χ0v) is 14.0. The van der Waals surface area contributed by atoms with Gasteiger partial charge in [0.1, 0.15) is 11.9 Å². The van der Waals surface area contributed by atoms with E-state index in [9.17, 15) is 19.1 Å². The maximum Gasteiger partial charge on any atom is 0.326 e. The first-order valence-corrected chi connectivity index (χ1v) is 8.77. The fourth-order valence-corrected chi connectivity index (χ4v) is 4.32. The normalized spacial score (nSPS) is 27.6. The second kappa shape index (κ2) is 6.91. The van der Waals surface area contributed by atoms with Crippen LogP contribution in [-0.4, -0.2) is 34.0 Å². The predicted octanol–water partition coefficient (Wildman–Crippen LogP) is 3.56. The number of fused-ring (bicyclic) bond motifs is 1. The summed E-state index contributed by atoms with van der Waals surface area (Å²) < 4.78 is 13.0. The lowest BCUT2D eigenvalue weighted by Gasteiger charge is -2.33. The molecule has 1 saturated carbocycles. The summed E-state index contributed by atoms with van der Waals surface area (Å²) in [4.78, 5) is 26.1. The molecule has 0 aromatic heterocycles. The van der Waals surface area contributed by atoms with Gasteiger partial charge in [0.25, 0.3) is 0 Å². The Kier molecular flexibility index (Phi) is 4.88.